The third-order valence-corrected chi connectivity index (χ3v) is 5.16. The number of likely N-dealkylation sites (tertiary alicyclic amines) is 1. The maximum atomic E-state index is 11.9. The van der Waals surface area contributed by atoms with Gasteiger partial charge in [0.25, 0.3) is 0 Å². The van der Waals surface area contributed by atoms with Crippen LogP contribution in [0.5, 0.6) is 0 Å². The zero-order valence-electron chi connectivity index (χ0n) is 13.5. The van der Waals surface area contributed by atoms with Crippen molar-refractivity contribution in [2.45, 2.75) is 32.4 Å². The third kappa shape index (κ3) is 2.71. The number of H-pyrrole nitrogens is 1. The standard InChI is InChI=1S/C18H22N4O/c1-4-9-22-12(3)11(2)13(17(19)23)10-16(22)18-20-14-7-5-6-8-15(14)21-18/h1,5-8,11-13,16H,9-10H2,2-3H3,(H2,19,23)(H,20,21). The van der Waals surface area contributed by atoms with Crippen molar-refractivity contribution >= 4 is 16.9 Å². The second kappa shape index (κ2) is 6.05. The Morgan fingerprint density at radius 2 is 2.22 bits per heavy atom. The van der Waals surface area contributed by atoms with E-state index in [0.717, 1.165) is 16.9 Å². The first-order valence-electron chi connectivity index (χ1n) is 7.96. The van der Waals surface area contributed by atoms with E-state index in [1.807, 2.05) is 24.3 Å². The molecule has 1 aromatic heterocycles. The smallest absolute Gasteiger partial charge is 0.220 e. The van der Waals surface area contributed by atoms with Crippen molar-refractivity contribution in [1.82, 2.24) is 14.9 Å². The molecule has 3 rings (SSSR count). The number of aromatic nitrogens is 2. The second-order valence-electron chi connectivity index (χ2n) is 6.38. The Balaban J connectivity index is 2.01. The minimum absolute atomic E-state index is 0.0258. The molecule has 1 aromatic carbocycles. The van der Waals surface area contributed by atoms with E-state index in [0.29, 0.717) is 13.0 Å². The fraction of sp³-hybridized carbons (Fsp3) is 0.444. The fourth-order valence-corrected chi connectivity index (χ4v) is 3.65. The molecular formula is C18H22N4O. The molecule has 0 radical (unpaired) electrons. The van der Waals surface area contributed by atoms with Crippen LogP contribution in [0.3, 0.4) is 0 Å². The number of nitrogens with two attached hydrogens (primary N) is 1. The van der Waals surface area contributed by atoms with Gasteiger partial charge in [0.15, 0.2) is 0 Å². The summed E-state index contributed by atoms with van der Waals surface area (Å²) < 4.78 is 0. The number of fused-ring (bicyclic) bond motifs is 1. The summed E-state index contributed by atoms with van der Waals surface area (Å²) in [6.45, 7) is 4.70. The number of nitrogens with zero attached hydrogens (tertiary/aromatic N) is 2. The van der Waals surface area contributed by atoms with Gasteiger partial charge in [-0.25, -0.2) is 4.98 Å². The van der Waals surface area contributed by atoms with Crippen LogP contribution >= 0.6 is 0 Å². The molecule has 1 aliphatic rings. The third-order valence-electron chi connectivity index (χ3n) is 5.16. The van der Waals surface area contributed by atoms with Gasteiger partial charge in [-0.1, -0.05) is 25.0 Å². The monoisotopic (exact) mass is 310 g/mol. The number of terminal acetylenes is 1. The molecule has 1 fully saturated rings. The van der Waals surface area contributed by atoms with Crippen molar-refractivity contribution in [2.24, 2.45) is 17.6 Å². The number of imidazole rings is 1. The summed E-state index contributed by atoms with van der Waals surface area (Å²) in [5, 5.41) is 0. The first-order chi connectivity index (χ1) is 11.0. The number of hydrogen-bond acceptors (Lipinski definition) is 3. The van der Waals surface area contributed by atoms with Crippen LogP contribution in [0.25, 0.3) is 11.0 Å². The van der Waals surface area contributed by atoms with Gasteiger partial charge in [0.2, 0.25) is 5.91 Å². The van der Waals surface area contributed by atoms with Gasteiger partial charge in [-0.2, -0.15) is 0 Å². The average molecular weight is 310 g/mol. The lowest BCUT2D eigenvalue weighted by atomic mass is 9.77. The van der Waals surface area contributed by atoms with E-state index in [1.54, 1.807) is 0 Å². The Kier molecular flexibility index (Phi) is 4.10. The van der Waals surface area contributed by atoms with Crippen molar-refractivity contribution in [3.8, 4) is 12.3 Å². The van der Waals surface area contributed by atoms with Crippen LogP contribution in [-0.2, 0) is 4.79 Å². The van der Waals surface area contributed by atoms with Crippen molar-refractivity contribution in [2.75, 3.05) is 6.54 Å². The van der Waals surface area contributed by atoms with Gasteiger partial charge in [0.1, 0.15) is 5.82 Å². The number of nitrogens with one attached hydrogen (secondary N) is 1. The highest BCUT2D eigenvalue weighted by atomic mass is 16.1. The van der Waals surface area contributed by atoms with E-state index in [4.69, 9.17) is 17.1 Å². The number of piperidine rings is 1. The molecule has 3 N–H and O–H groups in total. The molecule has 0 bridgehead atoms. The molecule has 4 unspecified atom stereocenters. The number of hydrogen-bond donors (Lipinski definition) is 2. The van der Waals surface area contributed by atoms with Crippen LogP contribution < -0.4 is 5.73 Å². The molecule has 5 heteroatoms. The molecule has 1 amide bonds. The molecule has 0 saturated carbocycles. The first-order valence-corrected chi connectivity index (χ1v) is 7.96. The summed E-state index contributed by atoms with van der Waals surface area (Å²) in [5.41, 5.74) is 7.54. The minimum atomic E-state index is -0.245. The molecule has 2 heterocycles. The Labute approximate surface area is 136 Å². The highest BCUT2D eigenvalue weighted by Crippen LogP contribution is 2.39. The van der Waals surface area contributed by atoms with Crippen LogP contribution in [0, 0.1) is 24.2 Å². The Hall–Kier alpha value is -2.32. The predicted octanol–water partition coefficient (Wildman–Crippen LogP) is 2.07. The Morgan fingerprint density at radius 1 is 1.48 bits per heavy atom. The molecule has 1 aliphatic heterocycles. The highest BCUT2D eigenvalue weighted by Gasteiger charge is 2.42. The zero-order chi connectivity index (χ0) is 16.6. The van der Waals surface area contributed by atoms with E-state index >= 15 is 0 Å². The van der Waals surface area contributed by atoms with Gasteiger partial charge >= 0.3 is 0 Å². The van der Waals surface area contributed by atoms with Crippen LogP contribution in [0.4, 0.5) is 0 Å². The van der Waals surface area contributed by atoms with Gasteiger partial charge in [0.05, 0.1) is 23.6 Å². The lowest BCUT2D eigenvalue weighted by Crippen LogP contribution is -2.51. The van der Waals surface area contributed by atoms with Gasteiger partial charge < -0.3 is 10.7 Å². The van der Waals surface area contributed by atoms with Crippen molar-refractivity contribution in [3.05, 3.63) is 30.1 Å². The van der Waals surface area contributed by atoms with Crippen LogP contribution in [0.1, 0.15) is 32.1 Å². The lowest BCUT2D eigenvalue weighted by molar-refractivity contribution is -0.127. The number of carbonyl (C=O) groups is 1. The molecule has 0 spiro atoms. The van der Waals surface area contributed by atoms with E-state index in [2.05, 4.69) is 29.7 Å². The van der Waals surface area contributed by atoms with Crippen molar-refractivity contribution in [1.29, 1.82) is 0 Å². The Morgan fingerprint density at radius 3 is 2.87 bits per heavy atom. The highest BCUT2D eigenvalue weighted by molar-refractivity contribution is 5.77. The van der Waals surface area contributed by atoms with E-state index < -0.39 is 0 Å². The SMILES string of the molecule is C#CCN1C(c2nc3ccccc3[nH]2)CC(C(N)=O)C(C)C1C. The number of amides is 1. The van der Waals surface area contributed by atoms with E-state index in [-0.39, 0.29) is 29.8 Å². The van der Waals surface area contributed by atoms with Crippen molar-refractivity contribution < 1.29 is 4.79 Å². The van der Waals surface area contributed by atoms with Crippen LogP contribution in [-0.4, -0.2) is 33.4 Å². The molecule has 5 nitrogen and oxygen atoms in total. The summed E-state index contributed by atoms with van der Waals surface area (Å²) in [4.78, 5) is 22.2. The zero-order valence-corrected chi connectivity index (χ0v) is 13.5. The number of primary amides is 1. The quantitative estimate of drug-likeness (QED) is 0.852. The fourth-order valence-electron chi connectivity index (χ4n) is 3.65. The molecular weight excluding hydrogens is 288 g/mol. The molecule has 2 aromatic rings. The predicted molar refractivity (Wildman–Crippen MR) is 90.3 cm³/mol. The van der Waals surface area contributed by atoms with Gasteiger partial charge in [-0.15, -0.1) is 6.42 Å². The summed E-state index contributed by atoms with van der Waals surface area (Å²) in [6.07, 6.45) is 6.20. The number of carbonyl (C=O) groups excluding carboxylic acids is 1. The molecule has 4 atom stereocenters. The number of aromatic amines is 1. The van der Waals surface area contributed by atoms with Gasteiger partial charge in [-0.3, -0.25) is 9.69 Å². The van der Waals surface area contributed by atoms with Gasteiger partial charge in [-0.05, 0) is 31.4 Å². The number of rotatable bonds is 3. The van der Waals surface area contributed by atoms with Crippen molar-refractivity contribution in [3.63, 3.8) is 0 Å². The van der Waals surface area contributed by atoms with Gasteiger partial charge in [0, 0.05) is 12.0 Å². The first kappa shape index (κ1) is 15.6. The lowest BCUT2D eigenvalue weighted by Gasteiger charge is -2.45. The summed E-state index contributed by atoms with van der Waals surface area (Å²) in [6, 6.07) is 8.04. The molecule has 0 aliphatic carbocycles. The summed E-state index contributed by atoms with van der Waals surface area (Å²) in [5.74, 6) is 3.34. The average Bonchev–Trinajstić information content (AvgIpc) is 2.95. The van der Waals surface area contributed by atoms with E-state index in [1.165, 1.54) is 0 Å². The molecule has 120 valence electrons. The molecule has 23 heavy (non-hydrogen) atoms. The maximum absolute atomic E-state index is 11.9. The molecule has 1 saturated heterocycles. The van der Waals surface area contributed by atoms with Crippen LogP contribution in [0.2, 0.25) is 0 Å². The minimum Gasteiger partial charge on any atom is -0.369 e. The normalized spacial score (nSPS) is 28.6. The van der Waals surface area contributed by atoms with Crippen LogP contribution in [0.15, 0.2) is 24.3 Å². The topological polar surface area (TPSA) is 75.0 Å². The van der Waals surface area contributed by atoms with E-state index in [9.17, 15) is 4.79 Å². The largest absolute Gasteiger partial charge is 0.369 e. The second-order valence-corrected chi connectivity index (χ2v) is 6.38. The summed E-state index contributed by atoms with van der Waals surface area (Å²) in [7, 11) is 0. The number of para-hydroxylation sites is 2. The summed E-state index contributed by atoms with van der Waals surface area (Å²) >= 11 is 0. The Bertz CT molecular complexity index is 727. The number of benzene rings is 1. The maximum Gasteiger partial charge on any atom is 0.220 e.